The third-order valence-corrected chi connectivity index (χ3v) is 4.54. The first-order valence-electron chi connectivity index (χ1n) is 10.1. The number of amides is 1. The van der Waals surface area contributed by atoms with Gasteiger partial charge in [-0.15, -0.1) is 0 Å². The number of ether oxygens (including phenoxy) is 1. The third kappa shape index (κ3) is 6.34. The van der Waals surface area contributed by atoms with Crippen molar-refractivity contribution in [3.8, 4) is 5.75 Å². The van der Waals surface area contributed by atoms with Gasteiger partial charge in [-0.3, -0.25) is 4.79 Å². The highest BCUT2D eigenvalue weighted by atomic mass is 19.1. The van der Waals surface area contributed by atoms with Gasteiger partial charge in [-0.2, -0.15) is 0 Å². The first-order chi connectivity index (χ1) is 14.5. The van der Waals surface area contributed by atoms with Crippen molar-refractivity contribution in [3.63, 3.8) is 0 Å². The lowest BCUT2D eigenvalue weighted by Crippen LogP contribution is -2.27. The maximum absolute atomic E-state index is 13.7. The van der Waals surface area contributed by atoms with E-state index in [1.54, 1.807) is 24.3 Å². The van der Waals surface area contributed by atoms with Gasteiger partial charge < -0.3 is 15.4 Å². The van der Waals surface area contributed by atoms with E-state index < -0.39 is 0 Å². The van der Waals surface area contributed by atoms with Gasteiger partial charge in [0, 0.05) is 29.9 Å². The molecule has 1 amide bonds. The molecule has 0 aliphatic heterocycles. The van der Waals surface area contributed by atoms with E-state index in [-0.39, 0.29) is 18.3 Å². The summed E-state index contributed by atoms with van der Waals surface area (Å²) >= 11 is 0. The molecule has 0 saturated carbocycles. The van der Waals surface area contributed by atoms with Gasteiger partial charge in [-0.1, -0.05) is 50.2 Å². The number of benzene rings is 3. The Bertz CT molecular complexity index is 988. The Kier molecular flexibility index (Phi) is 7.44. The Labute approximate surface area is 177 Å². The van der Waals surface area contributed by atoms with Crippen LogP contribution in [0.3, 0.4) is 0 Å². The molecule has 156 valence electrons. The van der Waals surface area contributed by atoms with E-state index in [1.807, 2.05) is 42.5 Å². The molecule has 2 N–H and O–H groups in total. The van der Waals surface area contributed by atoms with Crippen LogP contribution in [0, 0.1) is 11.7 Å². The lowest BCUT2D eigenvalue weighted by molar-refractivity contribution is 0.0949. The second-order valence-corrected chi connectivity index (χ2v) is 7.57. The molecule has 0 heterocycles. The highest BCUT2D eigenvalue weighted by molar-refractivity contribution is 5.95. The fraction of sp³-hybridized carbons (Fsp3) is 0.240. The second kappa shape index (κ2) is 10.4. The van der Waals surface area contributed by atoms with Crippen LogP contribution in [0.15, 0.2) is 72.8 Å². The Balaban J connectivity index is 1.57. The highest BCUT2D eigenvalue weighted by Crippen LogP contribution is 2.18. The fourth-order valence-electron chi connectivity index (χ4n) is 2.90. The van der Waals surface area contributed by atoms with Crippen LogP contribution in [0.25, 0.3) is 0 Å². The van der Waals surface area contributed by atoms with E-state index in [2.05, 4.69) is 24.5 Å². The predicted molar refractivity (Wildman–Crippen MR) is 118 cm³/mol. The summed E-state index contributed by atoms with van der Waals surface area (Å²) in [6.07, 6.45) is 0. The monoisotopic (exact) mass is 406 g/mol. The molecule has 0 unspecified atom stereocenters. The van der Waals surface area contributed by atoms with Crippen molar-refractivity contribution >= 4 is 11.6 Å². The highest BCUT2D eigenvalue weighted by Gasteiger charge is 2.07. The topological polar surface area (TPSA) is 50.4 Å². The fourth-order valence-corrected chi connectivity index (χ4v) is 2.90. The van der Waals surface area contributed by atoms with Crippen molar-refractivity contribution in [1.82, 2.24) is 5.32 Å². The standard InChI is InChI=1S/C25H27FN2O2/c1-18(2)15-28-25(29)20-9-6-10-22(14-20)27-16-19-7-5-11-23(13-19)30-17-21-8-3-4-12-24(21)26/h3-14,18,27H,15-17H2,1-2H3,(H,28,29). The summed E-state index contributed by atoms with van der Waals surface area (Å²) in [6, 6.07) is 21.7. The molecule has 0 radical (unpaired) electrons. The van der Waals surface area contributed by atoms with Crippen LogP contribution in [0.5, 0.6) is 5.75 Å². The molecule has 0 fully saturated rings. The minimum atomic E-state index is -0.271. The van der Waals surface area contributed by atoms with Gasteiger partial charge in [-0.25, -0.2) is 4.39 Å². The number of anilines is 1. The van der Waals surface area contributed by atoms with E-state index >= 15 is 0 Å². The Morgan fingerprint density at radius 2 is 1.80 bits per heavy atom. The zero-order chi connectivity index (χ0) is 21.3. The van der Waals surface area contributed by atoms with Crippen LogP contribution in [0.1, 0.15) is 35.3 Å². The molecular formula is C25H27FN2O2. The number of nitrogens with one attached hydrogen (secondary N) is 2. The molecule has 0 aliphatic rings. The van der Waals surface area contributed by atoms with Crippen LogP contribution < -0.4 is 15.4 Å². The maximum Gasteiger partial charge on any atom is 0.251 e. The molecule has 0 aliphatic carbocycles. The minimum absolute atomic E-state index is 0.0732. The molecule has 30 heavy (non-hydrogen) atoms. The third-order valence-electron chi connectivity index (χ3n) is 4.54. The molecule has 0 bridgehead atoms. The Morgan fingerprint density at radius 1 is 1.00 bits per heavy atom. The summed E-state index contributed by atoms with van der Waals surface area (Å²) in [5.74, 6) is 0.742. The molecule has 5 heteroatoms. The second-order valence-electron chi connectivity index (χ2n) is 7.57. The summed E-state index contributed by atoms with van der Waals surface area (Å²) in [5.41, 5.74) is 3.04. The summed E-state index contributed by atoms with van der Waals surface area (Å²) in [4.78, 5) is 12.3. The van der Waals surface area contributed by atoms with Crippen molar-refractivity contribution < 1.29 is 13.9 Å². The Hall–Kier alpha value is -3.34. The van der Waals surface area contributed by atoms with Crippen LogP contribution in [0.2, 0.25) is 0 Å². The average molecular weight is 407 g/mol. The molecule has 0 saturated heterocycles. The molecule has 0 spiro atoms. The average Bonchev–Trinajstić information content (AvgIpc) is 2.76. The van der Waals surface area contributed by atoms with Crippen LogP contribution >= 0.6 is 0 Å². The number of rotatable bonds is 9. The SMILES string of the molecule is CC(C)CNC(=O)c1cccc(NCc2cccc(OCc3ccccc3F)c2)c1. The van der Waals surface area contributed by atoms with Gasteiger partial charge in [0.05, 0.1) is 0 Å². The van der Waals surface area contributed by atoms with Gasteiger partial charge in [0.1, 0.15) is 18.2 Å². The molecule has 4 nitrogen and oxygen atoms in total. The van der Waals surface area contributed by atoms with Crippen molar-refractivity contribution in [2.24, 2.45) is 5.92 Å². The maximum atomic E-state index is 13.7. The van der Waals surface area contributed by atoms with Crippen molar-refractivity contribution in [1.29, 1.82) is 0 Å². The van der Waals surface area contributed by atoms with Gasteiger partial charge >= 0.3 is 0 Å². The molecule has 0 atom stereocenters. The van der Waals surface area contributed by atoms with E-state index in [0.29, 0.717) is 35.9 Å². The van der Waals surface area contributed by atoms with E-state index in [9.17, 15) is 9.18 Å². The van der Waals surface area contributed by atoms with Crippen molar-refractivity contribution in [2.75, 3.05) is 11.9 Å². The molecular weight excluding hydrogens is 379 g/mol. The van der Waals surface area contributed by atoms with Crippen LogP contribution in [-0.4, -0.2) is 12.5 Å². The van der Waals surface area contributed by atoms with Gasteiger partial charge in [0.15, 0.2) is 0 Å². The lowest BCUT2D eigenvalue weighted by atomic mass is 10.1. The number of hydrogen-bond donors (Lipinski definition) is 2. The minimum Gasteiger partial charge on any atom is -0.489 e. The summed E-state index contributed by atoms with van der Waals surface area (Å²) in [7, 11) is 0. The molecule has 3 aromatic rings. The zero-order valence-electron chi connectivity index (χ0n) is 17.3. The first kappa shape index (κ1) is 21.4. The summed E-state index contributed by atoms with van der Waals surface area (Å²) in [6.45, 7) is 5.53. The predicted octanol–water partition coefficient (Wildman–Crippen LogP) is 5.40. The van der Waals surface area contributed by atoms with Crippen LogP contribution in [-0.2, 0) is 13.2 Å². The van der Waals surface area contributed by atoms with E-state index in [0.717, 1.165) is 11.3 Å². The van der Waals surface area contributed by atoms with Gasteiger partial charge in [-0.05, 0) is 47.9 Å². The molecule has 3 aromatic carbocycles. The van der Waals surface area contributed by atoms with E-state index in [1.165, 1.54) is 6.07 Å². The largest absolute Gasteiger partial charge is 0.489 e. The number of halogens is 1. The number of carbonyl (C=O) groups is 1. The Morgan fingerprint density at radius 3 is 2.60 bits per heavy atom. The lowest BCUT2D eigenvalue weighted by Gasteiger charge is -2.12. The normalized spacial score (nSPS) is 10.7. The number of carbonyl (C=O) groups excluding carboxylic acids is 1. The quantitative estimate of drug-likeness (QED) is 0.500. The van der Waals surface area contributed by atoms with Gasteiger partial charge in [0.25, 0.3) is 5.91 Å². The van der Waals surface area contributed by atoms with Crippen molar-refractivity contribution in [3.05, 3.63) is 95.3 Å². The number of hydrogen-bond acceptors (Lipinski definition) is 3. The molecule has 3 rings (SSSR count). The molecule has 0 aromatic heterocycles. The van der Waals surface area contributed by atoms with Gasteiger partial charge in [0.2, 0.25) is 0 Å². The van der Waals surface area contributed by atoms with E-state index in [4.69, 9.17) is 4.74 Å². The smallest absolute Gasteiger partial charge is 0.251 e. The summed E-state index contributed by atoms with van der Waals surface area (Å²) in [5, 5.41) is 6.26. The zero-order valence-corrected chi connectivity index (χ0v) is 17.3. The van der Waals surface area contributed by atoms with Crippen molar-refractivity contribution in [2.45, 2.75) is 27.0 Å². The summed E-state index contributed by atoms with van der Waals surface area (Å²) < 4.78 is 19.5. The van der Waals surface area contributed by atoms with Crippen LogP contribution in [0.4, 0.5) is 10.1 Å². The first-order valence-corrected chi connectivity index (χ1v) is 10.1.